The Bertz CT molecular complexity index is 4330. The van der Waals surface area contributed by atoms with Crippen molar-refractivity contribution in [2.45, 2.75) is 114 Å². The zero-order valence-electron chi connectivity index (χ0n) is 55.4. The van der Waals surface area contributed by atoms with Crippen LogP contribution in [-0.4, -0.2) is 142 Å². The molecule has 7 heterocycles. The van der Waals surface area contributed by atoms with Crippen LogP contribution in [0.3, 0.4) is 0 Å². The molecule has 8 N–H and O–H groups in total. The molecule has 7 aromatic heterocycles. The summed E-state index contributed by atoms with van der Waals surface area (Å²) in [5.41, 5.74) is 15.5. The van der Waals surface area contributed by atoms with Crippen molar-refractivity contribution in [1.29, 1.82) is 0 Å². The van der Waals surface area contributed by atoms with Crippen LogP contribution >= 0.6 is 50.7 Å². The van der Waals surface area contributed by atoms with E-state index in [1.807, 2.05) is 97.9 Å². The molecule has 506 valence electrons. The number of nitrogens with zero attached hydrogens (tertiary/aromatic N) is 12. The van der Waals surface area contributed by atoms with Gasteiger partial charge < -0.3 is 65.1 Å². The van der Waals surface area contributed by atoms with E-state index in [0.717, 1.165) is 90.2 Å². The number of halogens is 4. The summed E-state index contributed by atoms with van der Waals surface area (Å²) in [7, 11) is 5.95. The molecule has 3 unspecified atom stereocenters. The van der Waals surface area contributed by atoms with Gasteiger partial charge in [0.1, 0.15) is 58.7 Å². The van der Waals surface area contributed by atoms with Crippen molar-refractivity contribution >= 4 is 115 Å². The molecule has 3 aromatic carbocycles. The molecule has 0 spiro atoms. The lowest BCUT2D eigenvalue weighted by Crippen LogP contribution is -2.30. The predicted octanol–water partition coefficient (Wildman–Crippen LogP) is 11.2. The van der Waals surface area contributed by atoms with E-state index in [9.17, 15) is 9.59 Å². The summed E-state index contributed by atoms with van der Waals surface area (Å²) in [6.45, 7) is 20.7. The Labute approximate surface area is 572 Å². The molecule has 0 saturated carbocycles. The third-order valence-corrected chi connectivity index (χ3v) is 16.0. The van der Waals surface area contributed by atoms with E-state index in [2.05, 4.69) is 74.3 Å². The van der Waals surface area contributed by atoms with Crippen LogP contribution < -0.4 is 41.4 Å². The Balaban J connectivity index is 0.000000203. The summed E-state index contributed by atoms with van der Waals surface area (Å²) in [4.78, 5) is 41.9. The molecule has 0 fully saturated rings. The van der Waals surface area contributed by atoms with Crippen molar-refractivity contribution in [3.05, 3.63) is 138 Å². The largest absolute Gasteiger partial charge is 0.497 e. The summed E-state index contributed by atoms with van der Waals surface area (Å²) < 4.78 is 36.5. The van der Waals surface area contributed by atoms with Crippen molar-refractivity contribution in [3.63, 3.8) is 0 Å². The van der Waals surface area contributed by atoms with Gasteiger partial charge in [-0.2, -0.15) is 33.8 Å². The number of ether oxygens (including phenoxy) is 5. The predicted molar refractivity (Wildman–Crippen MR) is 371 cm³/mol. The molecule has 27 nitrogen and oxygen atoms in total. The van der Waals surface area contributed by atoms with E-state index in [-0.39, 0.29) is 34.3 Å². The maximum atomic E-state index is 12.0. The van der Waals surface area contributed by atoms with E-state index >= 15 is 0 Å². The number of carbonyl (C=O) groups is 2. The number of hydrogen-bond acceptors (Lipinski definition) is 23. The molecular weight excluding hydrogens is 1350 g/mol. The highest BCUT2D eigenvalue weighted by Crippen LogP contribution is 2.38. The summed E-state index contributed by atoms with van der Waals surface area (Å²) in [6.07, 6.45) is 1.96. The van der Waals surface area contributed by atoms with E-state index in [4.69, 9.17) is 94.1 Å². The van der Waals surface area contributed by atoms with Gasteiger partial charge in [-0.15, -0.1) is 0 Å². The monoisotopic (exact) mass is 1430 g/mol. The quantitative estimate of drug-likeness (QED) is 0.0105. The lowest BCUT2D eigenvalue weighted by molar-refractivity contribution is -0.142. The molecule has 32 heteroatoms. The summed E-state index contributed by atoms with van der Waals surface area (Å²) in [6, 6.07) is 20.4. The Morgan fingerprint density at radius 3 is 1.34 bits per heavy atom. The first-order chi connectivity index (χ1) is 45.2. The maximum Gasteiger partial charge on any atom is 0.489 e. The van der Waals surface area contributed by atoms with E-state index in [0.29, 0.717) is 63.3 Å². The van der Waals surface area contributed by atoms with E-state index in [1.54, 1.807) is 52.9 Å². The molecule has 0 bridgehead atoms. The van der Waals surface area contributed by atoms with Gasteiger partial charge in [-0.05, 0) is 139 Å². The first kappa shape index (κ1) is 75.0. The minimum atomic E-state index is -1.54. The van der Waals surface area contributed by atoms with Gasteiger partial charge >= 0.3 is 19.1 Å². The molecule has 0 aliphatic heterocycles. The van der Waals surface area contributed by atoms with Gasteiger partial charge in [-0.1, -0.05) is 72.0 Å². The minimum absolute atomic E-state index is 0.145. The van der Waals surface area contributed by atoms with Gasteiger partial charge in [0.25, 0.3) is 0 Å². The van der Waals surface area contributed by atoms with Crippen LogP contribution in [0.15, 0.2) is 86.9 Å². The number of carbonyl (C=O) groups excluding carboxylic acids is 2. The van der Waals surface area contributed by atoms with Crippen LogP contribution in [0.25, 0.3) is 39.2 Å². The van der Waals surface area contributed by atoms with Crippen molar-refractivity contribution in [3.8, 4) is 39.5 Å². The Morgan fingerprint density at radius 2 is 0.989 bits per heavy atom. The SMILES string of the molecule is C/C(N)=N/O.CCC(Nc1cc(C)nc2c(-c3ccc(OC)cc3Cl)c(C)nn12)C(=O)OC.CCC(Nc1cc(C)nc2c(-c3ccc(OC)cc3Cl)c(C)nn12)c1nc(C)no1.CCC(Nc1cc(C)nc2c(Br)c(C)nn12)C(=O)OC.COc1ccc(B(O)O)c(Cl)c1. The molecule has 10 rings (SSSR count). The van der Waals surface area contributed by atoms with E-state index < -0.39 is 19.2 Å². The number of nitrogens with two attached hydrogens (primary N) is 1. The highest BCUT2D eigenvalue weighted by molar-refractivity contribution is 9.10. The molecule has 95 heavy (non-hydrogen) atoms. The van der Waals surface area contributed by atoms with Crippen LogP contribution in [0.2, 0.25) is 15.1 Å². The number of oxime groups is 1. The molecule has 10 aromatic rings. The highest BCUT2D eigenvalue weighted by Gasteiger charge is 2.26. The number of rotatable bonds is 18. The molecule has 0 amide bonds. The second-order valence-electron chi connectivity index (χ2n) is 21.1. The molecular formula is C63H77BBrCl3N16O11. The van der Waals surface area contributed by atoms with Gasteiger partial charge in [-0.25, -0.2) is 24.5 Å². The van der Waals surface area contributed by atoms with Gasteiger partial charge in [0.15, 0.2) is 22.8 Å². The summed E-state index contributed by atoms with van der Waals surface area (Å²) in [5.74, 6) is 4.85. The number of benzene rings is 3. The molecule has 0 saturated heterocycles. The smallest absolute Gasteiger partial charge is 0.489 e. The number of anilines is 3. The number of hydrogen-bond donors (Lipinski definition) is 7. The fourth-order valence-corrected chi connectivity index (χ4v) is 10.5. The lowest BCUT2D eigenvalue weighted by Gasteiger charge is -2.17. The zero-order valence-corrected chi connectivity index (χ0v) is 59.3. The Hall–Kier alpha value is -9.00. The molecule has 0 aliphatic rings. The number of esters is 2. The Kier molecular flexibility index (Phi) is 27.2. The number of methoxy groups -OCH3 is 5. The minimum Gasteiger partial charge on any atom is -0.497 e. The normalized spacial score (nSPS) is 11.9. The van der Waals surface area contributed by atoms with Crippen LogP contribution in [0.5, 0.6) is 17.2 Å². The number of nitrogens with one attached hydrogen (secondary N) is 3. The van der Waals surface area contributed by atoms with Gasteiger partial charge in [0.05, 0.1) is 78.3 Å². The zero-order chi connectivity index (χ0) is 70.1. The molecule has 0 aliphatic carbocycles. The van der Waals surface area contributed by atoms with Gasteiger partial charge in [0.2, 0.25) is 5.89 Å². The van der Waals surface area contributed by atoms with Crippen molar-refractivity contribution in [2.24, 2.45) is 10.9 Å². The van der Waals surface area contributed by atoms with Crippen LogP contribution in [0.4, 0.5) is 17.5 Å². The van der Waals surface area contributed by atoms with Gasteiger partial charge in [0, 0.05) is 56.9 Å². The van der Waals surface area contributed by atoms with Crippen LogP contribution in [0.1, 0.15) is 98.9 Å². The third-order valence-electron chi connectivity index (χ3n) is 14.1. The number of aromatic nitrogens is 11. The second kappa shape index (κ2) is 34.4. The lowest BCUT2D eigenvalue weighted by atomic mass is 9.80. The van der Waals surface area contributed by atoms with Crippen molar-refractivity contribution in [1.82, 2.24) is 53.9 Å². The van der Waals surface area contributed by atoms with Crippen molar-refractivity contribution < 1.29 is 53.1 Å². The number of amidine groups is 1. The second-order valence-corrected chi connectivity index (χ2v) is 23.1. The number of fused-ring (bicyclic) bond motifs is 3. The van der Waals surface area contributed by atoms with E-state index in [1.165, 1.54) is 40.4 Å². The van der Waals surface area contributed by atoms with Crippen molar-refractivity contribution in [2.75, 3.05) is 51.5 Å². The fourth-order valence-electron chi connectivity index (χ4n) is 9.41. The number of aryl methyl sites for hydroxylation is 7. The first-order valence-corrected chi connectivity index (χ1v) is 31.5. The average Bonchev–Trinajstić information content (AvgIpc) is 1.64. The third kappa shape index (κ3) is 18.7. The Morgan fingerprint density at radius 1 is 0.600 bits per heavy atom. The topological polar surface area (TPSA) is 345 Å². The first-order valence-electron chi connectivity index (χ1n) is 29.5. The van der Waals surface area contributed by atoms with Crippen LogP contribution in [-0.2, 0) is 19.1 Å². The standard InChI is InChI=1S/C21H23ClN6O2.C20H23ClN4O3.C13H17BrN4O2.C7H8BClO3.C2H6N2O/c1-6-17(21-24-13(4)27-30-21)25-18-9-11(2)23-20-19(12(3)26-28(18)20)15-8-7-14(29-5)10-16(15)22;1-6-16(20(26)28-5)23-17-9-11(2)22-19-18(12(3)24-25(17)19)14-8-7-13(27-4)10-15(14)21;1-5-9(13(19)20-4)16-10-6-7(2)15-12-11(14)8(3)17-18(10)12;1-12-5-2-3-6(8(10)11)7(9)4-5;1-2(3)4-5/h7-10,17,25H,6H2,1-5H3;7-10,16,23H,6H2,1-5H3;6,9,16H,5H2,1-4H3;2-4,10-11H,1H3;5H,1H3,(H2,3,4). The summed E-state index contributed by atoms with van der Waals surface area (Å²) in [5, 5.41) is 56.8. The highest BCUT2D eigenvalue weighted by atomic mass is 79.9. The van der Waals surface area contributed by atoms with Gasteiger partial charge in [-0.3, -0.25) is 0 Å². The molecule has 3 atom stereocenters. The van der Waals surface area contributed by atoms with Crippen LogP contribution in [0, 0.1) is 48.5 Å². The average molecular weight is 1430 g/mol. The molecule has 0 radical (unpaired) electrons. The summed E-state index contributed by atoms with van der Waals surface area (Å²) >= 11 is 22.2. The maximum absolute atomic E-state index is 12.0. The fraction of sp³-hybridized carbons (Fsp3) is 0.349.